The zero-order chi connectivity index (χ0) is 24.2. The van der Waals surface area contributed by atoms with Gasteiger partial charge in [0.25, 0.3) is 0 Å². The molecule has 1 aliphatic heterocycles. The SMILES string of the molecule is CCCc1cc2c(=O)c(-c3ccc4c(c3)OCCO4)c(C)oc2cc1OCC=Cc1ccccc1. The van der Waals surface area contributed by atoms with E-state index in [4.69, 9.17) is 18.6 Å². The Balaban J connectivity index is 1.49. The van der Waals surface area contributed by atoms with Crippen LogP contribution < -0.4 is 19.6 Å². The summed E-state index contributed by atoms with van der Waals surface area (Å²) in [5.41, 5.74) is 3.88. The molecule has 0 amide bonds. The number of benzene rings is 3. The van der Waals surface area contributed by atoms with E-state index in [1.54, 1.807) is 0 Å². The lowest BCUT2D eigenvalue weighted by Crippen LogP contribution is -2.15. The Morgan fingerprint density at radius 2 is 1.77 bits per heavy atom. The van der Waals surface area contributed by atoms with Crippen LogP contribution in [0.25, 0.3) is 28.2 Å². The second-order valence-corrected chi connectivity index (χ2v) is 8.55. The molecule has 0 aliphatic carbocycles. The summed E-state index contributed by atoms with van der Waals surface area (Å²) >= 11 is 0. The van der Waals surface area contributed by atoms with Crippen LogP contribution in [0.5, 0.6) is 17.2 Å². The van der Waals surface area contributed by atoms with Crippen molar-refractivity contribution in [2.45, 2.75) is 26.7 Å². The first kappa shape index (κ1) is 22.8. The minimum absolute atomic E-state index is 0.0618. The molecule has 0 fully saturated rings. The predicted molar refractivity (Wildman–Crippen MR) is 139 cm³/mol. The van der Waals surface area contributed by atoms with Gasteiger partial charge in [-0.25, -0.2) is 0 Å². The van der Waals surface area contributed by atoms with E-state index in [1.165, 1.54) is 0 Å². The Morgan fingerprint density at radius 3 is 2.57 bits per heavy atom. The minimum atomic E-state index is -0.0618. The molecule has 1 aliphatic rings. The highest BCUT2D eigenvalue weighted by atomic mass is 16.6. The summed E-state index contributed by atoms with van der Waals surface area (Å²) in [7, 11) is 0. The number of fused-ring (bicyclic) bond motifs is 2. The van der Waals surface area contributed by atoms with Crippen molar-refractivity contribution >= 4 is 17.0 Å². The summed E-state index contributed by atoms with van der Waals surface area (Å²) in [5.74, 6) is 2.63. The van der Waals surface area contributed by atoms with Gasteiger partial charge in [-0.3, -0.25) is 4.79 Å². The van der Waals surface area contributed by atoms with Gasteiger partial charge in [-0.2, -0.15) is 0 Å². The van der Waals surface area contributed by atoms with Crippen molar-refractivity contribution in [1.82, 2.24) is 0 Å². The molecule has 0 atom stereocenters. The number of aryl methyl sites for hydroxylation is 2. The van der Waals surface area contributed by atoms with E-state index >= 15 is 0 Å². The van der Waals surface area contributed by atoms with Crippen LogP contribution in [0.2, 0.25) is 0 Å². The Morgan fingerprint density at radius 1 is 0.971 bits per heavy atom. The molecule has 5 nitrogen and oxygen atoms in total. The Labute approximate surface area is 204 Å². The van der Waals surface area contributed by atoms with Gasteiger partial charge in [-0.05, 0) is 54.3 Å². The fourth-order valence-corrected chi connectivity index (χ4v) is 4.40. The van der Waals surface area contributed by atoms with Crippen molar-refractivity contribution in [3.05, 3.63) is 93.9 Å². The predicted octanol–water partition coefficient (Wildman–Crippen LogP) is 6.58. The average molecular weight is 469 g/mol. The molecule has 5 heteroatoms. The van der Waals surface area contributed by atoms with Crippen LogP contribution in [-0.2, 0) is 6.42 Å². The van der Waals surface area contributed by atoms with Crippen molar-refractivity contribution in [2.75, 3.05) is 19.8 Å². The molecule has 35 heavy (non-hydrogen) atoms. The van der Waals surface area contributed by atoms with E-state index in [0.29, 0.717) is 53.6 Å². The lowest BCUT2D eigenvalue weighted by Gasteiger charge is -2.19. The molecule has 0 radical (unpaired) electrons. The minimum Gasteiger partial charge on any atom is -0.489 e. The number of hydrogen-bond acceptors (Lipinski definition) is 5. The quantitative estimate of drug-likeness (QED) is 0.306. The smallest absolute Gasteiger partial charge is 0.200 e. The van der Waals surface area contributed by atoms with Crippen molar-refractivity contribution in [3.63, 3.8) is 0 Å². The molecule has 0 saturated carbocycles. The third-order valence-electron chi connectivity index (χ3n) is 6.04. The van der Waals surface area contributed by atoms with Crippen molar-refractivity contribution < 1.29 is 18.6 Å². The van der Waals surface area contributed by atoms with E-state index < -0.39 is 0 Å². The summed E-state index contributed by atoms with van der Waals surface area (Å²) in [4.78, 5) is 13.6. The summed E-state index contributed by atoms with van der Waals surface area (Å²) in [5, 5.41) is 0.552. The first-order valence-electron chi connectivity index (χ1n) is 12.0. The summed E-state index contributed by atoms with van der Waals surface area (Å²) in [6.45, 7) is 5.37. The molecule has 178 valence electrons. The van der Waals surface area contributed by atoms with Crippen LogP contribution in [0.1, 0.15) is 30.2 Å². The molecule has 5 rings (SSSR count). The first-order chi connectivity index (χ1) is 17.1. The van der Waals surface area contributed by atoms with E-state index in [0.717, 1.165) is 35.3 Å². The first-order valence-corrected chi connectivity index (χ1v) is 12.0. The highest BCUT2D eigenvalue weighted by molar-refractivity contribution is 5.85. The molecule has 3 aromatic carbocycles. The highest BCUT2D eigenvalue weighted by Crippen LogP contribution is 2.36. The number of ether oxygens (including phenoxy) is 3. The molecule has 0 unspecified atom stereocenters. The second kappa shape index (κ2) is 10.1. The molecule has 1 aromatic heterocycles. The van der Waals surface area contributed by atoms with Gasteiger partial charge in [0.1, 0.15) is 36.9 Å². The third-order valence-corrected chi connectivity index (χ3v) is 6.04. The van der Waals surface area contributed by atoms with Crippen LogP contribution in [0.4, 0.5) is 0 Å². The summed E-state index contributed by atoms with van der Waals surface area (Å²) in [6.07, 6.45) is 5.76. The Bertz CT molecular complexity index is 1430. The van der Waals surface area contributed by atoms with Crippen LogP contribution in [-0.4, -0.2) is 19.8 Å². The molecule has 4 aromatic rings. The fraction of sp³-hybridized carbons (Fsp3) is 0.233. The molecule has 0 spiro atoms. The molecule has 0 saturated heterocycles. The van der Waals surface area contributed by atoms with Gasteiger partial charge in [-0.15, -0.1) is 0 Å². The largest absolute Gasteiger partial charge is 0.489 e. The maximum absolute atomic E-state index is 13.6. The molecular weight excluding hydrogens is 440 g/mol. The van der Waals surface area contributed by atoms with Gasteiger partial charge in [0, 0.05) is 6.07 Å². The highest BCUT2D eigenvalue weighted by Gasteiger charge is 2.19. The van der Waals surface area contributed by atoms with Crippen molar-refractivity contribution in [1.29, 1.82) is 0 Å². The van der Waals surface area contributed by atoms with E-state index in [1.807, 2.05) is 79.7 Å². The van der Waals surface area contributed by atoms with Crippen LogP contribution in [0, 0.1) is 6.92 Å². The zero-order valence-electron chi connectivity index (χ0n) is 20.0. The van der Waals surface area contributed by atoms with E-state index in [9.17, 15) is 4.79 Å². The zero-order valence-corrected chi connectivity index (χ0v) is 20.0. The van der Waals surface area contributed by atoms with Crippen LogP contribution in [0.3, 0.4) is 0 Å². The summed E-state index contributed by atoms with van der Waals surface area (Å²) in [6, 6.07) is 19.4. The molecule has 2 heterocycles. The molecule has 0 bridgehead atoms. The monoisotopic (exact) mass is 468 g/mol. The van der Waals surface area contributed by atoms with E-state index in [2.05, 4.69) is 6.92 Å². The Kier molecular flexibility index (Phi) is 6.57. The van der Waals surface area contributed by atoms with Gasteiger partial charge in [0.2, 0.25) is 5.43 Å². The van der Waals surface area contributed by atoms with Gasteiger partial charge < -0.3 is 18.6 Å². The van der Waals surface area contributed by atoms with Gasteiger partial charge in [-0.1, -0.05) is 55.8 Å². The van der Waals surface area contributed by atoms with Gasteiger partial charge in [0.05, 0.1) is 10.9 Å². The standard InChI is InChI=1S/C30H28O5/c1-3-8-22-17-24-27(19-26(22)32-14-7-11-21-9-5-4-6-10-21)35-20(2)29(30(24)31)23-12-13-25-28(18-23)34-16-15-33-25/h4-7,9-13,17-19H,3,8,14-16H2,1-2H3. The van der Waals surface area contributed by atoms with Gasteiger partial charge >= 0.3 is 0 Å². The van der Waals surface area contributed by atoms with Crippen LogP contribution in [0.15, 0.2) is 76.0 Å². The summed E-state index contributed by atoms with van der Waals surface area (Å²) < 4.78 is 23.6. The second-order valence-electron chi connectivity index (χ2n) is 8.55. The molecule has 0 N–H and O–H groups in total. The van der Waals surface area contributed by atoms with Gasteiger partial charge in [0.15, 0.2) is 11.5 Å². The fourth-order valence-electron chi connectivity index (χ4n) is 4.40. The maximum atomic E-state index is 13.6. The third kappa shape index (κ3) is 4.80. The maximum Gasteiger partial charge on any atom is 0.200 e. The van der Waals surface area contributed by atoms with Crippen LogP contribution >= 0.6 is 0 Å². The number of hydrogen-bond donors (Lipinski definition) is 0. The van der Waals surface area contributed by atoms with E-state index in [-0.39, 0.29) is 5.43 Å². The lowest BCUT2D eigenvalue weighted by molar-refractivity contribution is 0.171. The molecular formula is C30H28O5. The topological polar surface area (TPSA) is 57.9 Å². The Hall–Kier alpha value is -3.99. The van der Waals surface area contributed by atoms with Crippen molar-refractivity contribution in [2.24, 2.45) is 0 Å². The normalized spacial score (nSPS) is 12.9. The number of rotatable bonds is 7. The van der Waals surface area contributed by atoms with Crippen molar-refractivity contribution in [3.8, 4) is 28.4 Å². The lowest BCUT2D eigenvalue weighted by atomic mass is 9.99. The average Bonchev–Trinajstić information content (AvgIpc) is 2.88.